The van der Waals surface area contributed by atoms with Crippen molar-refractivity contribution in [1.82, 2.24) is 14.7 Å². The average molecular weight is 364 g/mol. The topological polar surface area (TPSA) is 53.1 Å². The molecule has 0 unspecified atom stereocenters. The molecule has 1 spiro atoms. The van der Waals surface area contributed by atoms with E-state index in [0.717, 1.165) is 58.3 Å². The number of ether oxygens (including phenoxy) is 1. The fourth-order valence-electron chi connectivity index (χ4n) is 4.69. The maximum atomic E-state index is 13.2. The first kappa shape index (κ1) is 19.4. The second-order valence-corrected chi connectivity index (χ2v) is 7.97. The SMILES string of the molecule is COCCN1CC=CCC2(CCN(C3CCN(C(C)=O)CC3)CC2)C1=O. The Morgan fingerprint density at radius 2 is 1.88 bits per heavy atom. The van der Waals surface area contributed by atoms with E-state index in [-0.39, 0.29) is 11.3 Å². The van der Waals surface area contributed by atoms with Crippen LogP contribution in [0.4, 0.5) is 0 Å². The number of carbonyl (C=O) groups is 2. The third kappa shape index (κ3) is 4.12. The molecule has 0 aromatic rings. The first-order chi connectivity index (χ1) is 12.6. The standard InChI is InChI=1S/C20H33N3O3/c1-17(24)21-11-5-18(6-12-21)22-13-8-20(9-14-22)7-3-4-10-23(19(20)25)15-16-26-2/h3-4,18H,5-16H2,1-2H3. The zero-order valence-corrected chi connectivity index (χ0v) is 16.3. The van der Waals surface area contributed by atoms with E-state index < -0.39 is 0 Å². The number of allylic oxidation sites excluding steroid dienone is 1. The first-order valence-corrected chi connectivity index (χ1v) is 9.98. The lowest BCUT2D eigenvalue weighted by atomic mass is 9.74. The number of piperidine rings is 2. The van der Waals surface area contributed by atoms with Gasteiger partial charge in [-0.15, -0.1) is 0 Å². The van der Waals surface area contributed by atoms with E-state index in [0.29, 0.717) is 31.6 Å². The lowest BCUT2D eigenvalue weighted by molar-refractivity contribution is -0.145. The molecule has 0 aromatic carbocycles. The average Bonchev–Trinajstić information content (AvgIpc) is 2.81. The maximum absolute atomic E-state index is 13.2. The molecular weight excluding hydrogens is 330 g/mol. The second kappa shape index (κ2) is 8.53. The minimum atomic E-state index is -0.225. The summed E-state index contributed by atoms with van der Waals surface area (Å²) in [7, 11) is 1.68. The van der Waals surface area contributed by atoms with Crippen molar-refractivity contribution >= 4 is 11.8 Å². The van der Waals surface area contributed by atoms with E-state index in [1.807, 2.05) is 9.80 Å². The Hall–Kier alpha value is -1.40. The molecule has 0 N–H and O–H groups in total. The van der Waals surface area contributed by atoms with E-state index in [2.05, 4.69) is 17.1 Å². The summed E-state index contributed by atoms with van der Waals surface area (Å²) in [6.07, 6.45) is 9.18. The van der Waals surface area contributed by atoms with Crippen LogP contribution >= 0.6 is 0 Å². The van der Waals surface area contributed by atoms with Crippen LogP contribution in [-0.4, -0.2) is 85.5 Å². The molecule has 3 aliphatic heterocycles. The molecule has 2 fully saturated rings. The highest BCUT2D eigenvalue weighted by Crippen LogP contribution is 2.39. The monoisotopic (exact) mass is 363 g/mol. The van der Waals surface area contributed by atoms with E-state index in [1.54, 1.807) is 14.0 Å². The number of carbonyl (C=O) groups excluding carboxylic acids is 2. The van der Waals surface area contributed by atoms with E-state index in [4.69, 9.17) is 4.74 Å². The van der Waals surface area contributed by atoms with Gasteiger partial charge in [-0.3, -0.25) is 9.59 Å². The van der Waals surface area contributed by atoms with Gasteiger partial charge in [0.2, 0.25) is 11.8 Å². The van der Waals surface area contributed by atoms with Crippen LogP contribution in [0.25, 0.3) is 0 Å². The Kier molecular flexibility index (Phi) is 6.35. The highest BCUT2D eigenvalue weighted by molar-refractivity contribution is 5.83. The van der Waals surface area contributed by atoms with Crippen LogP contribution in [0.1, 0.15) is 39.0 Å². The van der Waals surface area contributed by atoms with Gasteiger partial charge in [-0.2, -0.15) is 0 Å². The Labute approximate surface area is 157 Å². The zero-order valence-electron chi connectivity index (χ0n) is 16.3. The lowest BCUT2D eigenvalue weighted by Crippen LogP contribution is -2.54. The summed E-state index contributed by atoms with van der Waals surface area (Å²) < 4.78 is 5.18. The van der Waals surface area contributed by atoms with E-state index in [9.17, 15) is 9.59 Å². The normalized spacial score (nSPS) is 24.9. The molecule has 3 heterocycles. The van der Waals surface area contributed by atoms with Gasteiger partial charge < -0.3 is 19.4 Å². The van der Waals surface area contributed by atoms with Crippen molar-refractivity contribution in [3.63, 3.8) is 0 Å². The van der Waals surface area contributed by atoms with Crippen molar-refractivity contribution < 1.29 is 14.3 Å². The maximum Gasteiger partial charge on any atom is 0.229 e. The first-order valence-electron chi connectivity index (χ1n) is 9.98. The lowest BCUT2D eigenvalue weighted by Gasteiger charge is -2.46. The van der Waals surface area contributed by atoms with Gasteiger partial charge in [-0.25, -0.2) is 0 Å². The summed E-state index contributed by atoms with van der Waals surface area (Å²) in [6, 6.07) is 0.559. The van der Waals surface area contributed by atoms with Crippen molar-refractivity contribution in [3.8, 4) is 0 Å². The summed E-state index contributed by atoms with van der Waals surface area (Å²) in [6.45, 7) is 7.35. The molecule has 6 heteroatoms. The van der Waals surface area contributed by atoms with Crippen LogP contribution < -0.4 is 0 Å². The summed E-state index contributed by atoms with van der Waals surface area (Å²) in [5.41, 5.74) is -0.225. The predicted molar refractivity (Wildman–Crippen MR) is 101 cm³/mol. The molecule has 3 aliphatic rings. The van der Waals surface area contributed by atoms with Crippen LogP contribution in [0.3, 0.4) is 0 Å². The van der Waals surface area contributed by atoms with Crippen molar-refractivity contribution in [3.05, 3.63) is 12.2 Å². The Morgan fingerprint density at radius 1 is 1.19 bits per heavy atom. The molecule has 2 amide bonds. The molecule has 0 aliphatic carbocycles. The Bertz CT molecular complexity index is 532. The minimum Gasteiger partial charge on any atom is -0.383 e. The number of amides is 2. The number of likely N-dealkylation sites (tertiary alicyclic amines) is 2. The molecule has 0 aromatic heterocycles. The third-order valence-electron chi connectivity index (χ3n) is 6.49. The molecule has 146 valence electrons. The molecule has 0 saturated carbocycles. The molecule has 26 heavy (non-hydrogen) atoms. The molecule has 2 saturated heterocycles. The fraction of sp³-hybridized carbons (Fsp3) is 0.800. The van der Waals surface area contributed by atoms with Gasteiger partial charge in [-0.05, 0) is 45.2 Å². The van der Waals surface area contributed by atoms with E-state index in [1.165, 1.54) is 0 Å². The highest BCUT2D eigenvalue weighted by atomic mass is 16.5. The number of hydrogen-bond acceptors (Lipinski definition) is 4. The molecular formula is C20H33N3O3. The van der Waals surface area contributed by atoms with Gasteiger partial charge in [0.1, 0.15) is 0 Å². The Morgan fingerprint density at radius 3 is 2.50 bits per heavy atom. The van der Waals surface area contributed by atoms with Gasteiger partial charge in [0.05, 0.1) is 12.0 Å². The molecule has 3 rings (SSSR count). The van der Waals surface area contributed by atoms with Gasteiger partial charge in [-0.1, -0.05) is 12.2 Å². The number of hydrogen-bond donors (Lipinski definition) is 0. The highest BCUT2D eigenvalue weighted by Gasteiger charge is 2.44. The number of rotatable bonds is 4. The van der Waals surface area contributed by atoms with Crippen LogP contribution in [0.15, 0.2) is 12.2 Å². The molecule has 0 atom stereocenters. The van der Waals surface area contributed by atoms with Crippen molar-refractivity contribution in [2.45, 2.75) is 45.1 Å². The third-order valence-corrected chi connectivity index (χ3v) is 6.49. The quantitative estimate of drug-likeness (QED) is 0.711. The van der Waals surface area contributed by atoms with Gasteiger partial charge in [0.15, 0.2) is 0 Å². The van der Waals surface area contributed by atoms with Crippen LogP contribution in [0.5, 0.6) is 0 Å². The fourth-order valence-corrected chi connectivity index (χ4v) is 4.69. The predicted octanol–water partition coefficient (Wildman–Crippen LogP) is 1.51. The largest absolute Gasteiger partial charge is 0.383 e. The second-order valence-electron chi connectivity index (χ2n) is 7.97. The number of nitrogens with zero attached hydrogens (tertiary/aromatic N) is 3. The summed E-state index contributed by atoms with van der Waals surface area (Å²) in [5, 5.41) is 0. The van der Waals surface area contributed by atoms with Crippen molar-refractivity contribution in [2.75, 3.05) is 53.0 Å². The van der Waals surface area contributed by atoms with Gasteiger partial charge in [0, 0.05) is 46.3 Å². The van der Waals surface area contributed by atoms with E-state index >= 15 is 0 Å². The van der Waals surface area contributed by atoms with Crippen molar-refractivity contribution in [1.29, 1.82) is 0 Å². The smallest absolute Gasteiger partial charge is 0.229 e. The molecule has 0 radical (unpaired) electrons. The zero-order chi connectivity index (χ0) is 18.6. The van der Waals surface area contributed by atoms with Gasteiger partial charge >= 0.3 is 0 Å². The van der Waals surface area contributed by atoms with Gasteiger partial charge in [0.25, 0.3) is 0 Å². The van der Waals surface area contributed by atoms with Crippen LogP contribution in [-0.2, 0) is 14.3 Å². The molecule has 0 bridgehead atoms. The molecule has 6 nitrogen and oxygen atoms in total. The van der Waals surface area contributed by atoms with Crippen LogP contribution in [0.2, 0.25) is 0 Å². The Balaban J connectivity index is 1.57. The number of methoxy groups -OCH3 is 1. The summed E-state index contributed by atoms with van der Waals surface area (Å²) in [4.78, 5) is 31.2. The summed E-state index contributed by atoms with van der Waals surface area (Å²) >= 11 is 0. The summed E-state index contributed by atoms with van der Waals surface area (Å²) in [5.74, 6) is 0.499. The minimum absolute atomic E-state index is 0.188. The van der Waals surface area contributed by atoms with Crippen LogP contribution in [0, 0.1) is 5.41 Å². The van der Waals surface area contributed by atoms with Crippen molar-refractivity contribution in [2.24, 2.45) is 5.41 Å².